The molecule has 0 N–H and O–H groups in total. The summed E-state index contributed by atoms with van der Waals surface area (Å²) in [6.07, 6.45) is 4.78. The predicted molar refractivity (Wildman–Crippen MR) is 39.9 cm³/mol. The lowest BCUT2D eigenvalue weighted by Gasteiger charge is -2.13. The lowest BCUT2D eigenvalue weighted by Crippen LogP contribution is -2.23. The Labute approximate surface area is 53.9 Å². The Morgan fingerprint density at radius 1 is 1.75 bits per heavy atom. The molecule has 0 aromatic heterocycles. The highest BCUT2D eigenvalue weighted by Crippen LogP contribution is 2.13. The lowest BCUT2D eigenvalue weighted by atomic mass is 10.2. The van der Waals surface area contributed by atoms with Crippen LogP contribution in [0.1, 0.15) is 12.8 Å². The molecule has 0 radical (unpaired) electrons. The zero-order valence-corrected chi connectivity index (χ0v) is 7.43. The van der Waals surface area contributed by atoms with Crippen LogP contribution in [0.15, 0.2) is 12.7 Å². The second-order valence-electron chi connectivity index (χ2n) is 2.43. The molecular weight excluding hydrogens is 114 g/mol. The Morgan fingerprint density at radius 3 is 2.75 bits per heavy atom. The van der Waals surface area contributed by atoms with E-state index in [2.05, 4.69) is 17.2 Å². The van der Waals surface area contributed by atoms with Crippen molar-refractivity contribution in [2.45, 2.75) is 18.9 Å². The van der Waals surface area contributed by atoms with Crippen molar-refractivity contribution in [2.24, 2.45) is 0 Å². The molecule has 0 bridgehead atoms. The third kappa shape index (κ3) is 1.01. The van der Waals surface area contributed by atoms with Gasteiger partial charge in [0.15, 0.2) is 0 Å². The van der Waals surface area contributed by atoms with Gasteiger partial charge in [-0.1, -0.05) is 6.08 Å². The van der Waals surface area contributed by atoms with E-state index in [4.69, 9.17) is 0 Å². The Morgan fingerprint density at radius 2 is 2.50 bits per heavy atom. The summed E-state index contributed by atoms with van der Waals surface area (Å²) >= 11 is 0. The van der Waals surface area contributed by atoms with Crippen molar-refractivity contribution in [2.75, 3.05) is 6.54 Å². The minimum absolute atomic E-state index is 0.724. The Balaban J connectivity index is 2.41. The van der Waals surface area contributed by atoms with E-state index in [0.29, 0.717) is 0 Å². The maximum absolute atomic E-state index is 3.77. The van der Waals surface area contributed by atoms with Crippen LogP contribution in [-0.4, -0.2) is 27.6 Å². The van der Waals surface area contributed by atoms with E-state index in [-0.39, 0.29) is 0 Å². The standard InChI is InChI=1S/C6H13NSi/c1-2-6-4-3-5-7(6)8/h2,6H,1,3-5H2,8H3. The van der Waals surface area contributed by atoms with E-state index in [1.807, 2.05) is 0 Å². The van der Waals surface area contributed by atoms with Crippen LogP contribution in [0.3, 0.4) is 0 Å². The van der Waals surface area contributed by atoms with E-state index < -0.39 is 0 Å². The number of rotatable bonds is 1. The fraction of sp³-hybridized carbons (Fsp3) is 0.667. The van der Waals surface area contributed by atoms with Crippen molar-refractivity contribution in [1.82, 2.24) is 4.57 Å². The van der Waals surface area contributed by atoms with Crippen LogP contribution in [0.4, 0.5) is 0 Å². The molecule has 1 fully saturated rings. The minimum atomic E-state index is 0.724. The second kappa shape index (κ2) is 2.46. The van der Waals surface area contributed by atoms with Crippen molar-refractivity contribution in [3.8, 4) is 0 Å². The monoisotopic (exact) mass is 127 g/mol. The quantitative estimate of drug-likeness (QED) is 0.352. The first-order chi connectivity index (χ1) is 3.84. The normalized spacial score (nSPS) is 31.2. The molecule has 0 aliphatic carbocycles. The molecule has 0 saturated carbocycles. The first-order valence-corrected chi connectivity index (χ1v) is 4.07. The molecule has 1 unspecified atom stereocenters. The number of hydrogen-bond acceptors (Lipinski definition) is 1. The van der Waals surface area contributed by atoms with Crippen LogP contribution in [0.2, 0.25) is 0 Å². The van der Waals surface area contributed by atoms with Crippen LogP contribution in [0.5, 0.6) is 0 Å². The molecule has 1 atom stereocenters. The van der Waals surface area contributed by atoms with E-state index in [9.17, 15) is 0 Å². The number of nitrogens with zero attached hydrogens (tertiary/aromatic N) is 1. The molecule has 1 aliphatic heterocycles. The average molecular weight is 127 g/mol. The summed E-state index contributed by atoms with van der Waals surface area (Å²) in [5.74, 6) is 0. The lowest BCUT2D eigenvalue weighted by molar-refractivity contribution is 0.487. The van der Waals surface area contributed by atoms with Gasteiger partial charge in [-0.3, -0.25) is 0 Å². The molecule has 0 amide bonds. The van der Waals surface area contributed by atoms with Crippen molar-refractivity contribution in [1.29, 1.82) is 0 Å². The largest absolute Gasteiger partial charge is 0.326 e. The van der Waals surface area contributed by atoms with Crippen molar-refractivity contribution in [3.05, 3.63) is 12.7 Å². The summed E-state index contributed by atoms with van der Waals surface area (Å²) < 4.78 is 2.48. The first-order valence-electron chi connectivity index (χ1n) is 3.17. The molecule has 0 spiro atoms. The highest BCUT2D eigenvalue weighted by atomic mass is 28.2. The van der Waals surface area contributed by atoms with E-state index >= 15 is 0 Å². The molecule has 2 heteroatoms. The van der Waals surface area contributed by atoms with Crippen molar-refractivity contribution >= 4 is 10.4 Å². The zero-order chi connectivity index (χ0) is 5.98. The van der Waals surface area contributed by atoms with E-state index in [1.54, 1.807) is 0 Å². The van der Waals surface area contributed by atoms with Gasteiger partial charge < -0.3 is 4.57 Å². The van der Waals surface area contributed by atoms with Gasteiger partial charge in [-0.25, -0.2) is 0 Å². The molecule has 46 valence electrons. The average Bonchev–Trinajstić information content (AvgIpc) is 2.14. The van der Waals surface area contributed by atoms with Crippen LogP contribution in [-0.2, 0) is 0 Å². The molecule has 1 saturated heterocycles. The van der Waals surface area contributed by atoms with Gasteiger partial charge in [0.2, 0.25) is 0 Å². The Kier molecular flexibility index (Phi) is 1.86. The maximum Gasteiger partial charge on any atom is 0.0791 e. The van der Waals surface area contributed by atoms with Gasteiger partial charge >= 0.3 is 0 Å². The maximum atomic E-state index is 3.77. The third-order valence-electron chi connectivity index (χ3n) is 1.85. The third-order valence-corrected chi connectivity index (χ3v) is 2.96. The molecule has 8 heavy (non-hydrogen) atoms. The Hall–Kier alpha value is -0.0831. The summed E-state index contributed by atoms with van der Waals surface area (Å²) in [4.78, 5) is 0. The van der Waals surface area contributed by atoms with E-state index in [1.165, 1.54) is 29.8 Å². The van der Waals surface area contributed by atoms with Crippen LogP contribution in [0, 0.1) is 0 Å². The fourth-order valence-corrected chi connectivity index (χ4v) is 2.02. The molecule has 1 heterocycles. The molecular formula is C6H13NSi. The SMILES string of the molecule is C=CC1CCCN1[SiH3]. The van der Waals surface area contributed by atoms with Crippen molar-refractivity contribution in [3.63, 3.8) is 0 Å². The van der Waals surface area contributed by atoms with Gasteiger partial charge in [-0.05, 0) is 19.4 Å². The fourth-order valence-electron chi connectivity index (χ4n) is 1.23. The second-order valence-corrected chi connectivity index (χ2v) is 3.57. The summed E-state index contributed by atoms with van der Waals surface area (Å²) in [6.45, 7) is 5.08. The van der Waals surface area contributed by atoms with E-state index in [0.717, 1.165) is 6.04 Å². The summed E-state index contributed by atoms with van der Waals surface area (Å²) in [5, 5.41) is 0. The topological polar surface area (TPSA) is 3.24 Å². The van der Waals surface area contributed by atoms with Gasteiger partial charge in [0.05, 0.1) is 10.4 Å². The molecule has 0 aromatic rings. The van der Waals surface area contributed by atoms with Crippen LogP contribution < -0.4 is 0 Å². The van der Waals surface area contributed by atoms with Gasteiger partial charge in [0.1, 0.15) is 0 Å². The highest BCUT2D eigenvalue weighted by molar-refractivity contribution is 6.04. The molecule has 0 aromatic carbocycles. The first kappa shape index (κ1) is 6.04. The molecule has 1 rings (SSSR count). The van der Waals surface area contributed by atoms with Gasteiger partial charge in [0, 0.05) is 6.04 Å². The van der Waals surface area contributed by atoms with Gasteiger partial charge in [-0.15, -0.1) is 6.58 Å². The Bertz CT molecular complexity index is 92.5. The number of hydrogen-bond donors (Lipinski definition) is 0. The zero-order valence-electron chi connectivity index (χ0n) is 5.43. The summed E-state index contributed by atoms with van der Waals surface area (Å²) in [7, 11) is 1.21. The summed E-state index contributed by atoms with van der Waals surface area (Å²) in [6, 6.07) is 0.724. The predicted octanol–water partition coefficient (Wildman–Crippen LogP) is -0.0828. The smallest absolute Gasteiger partial charge is 0.0791 e. The van der Waals surface area contributed by atoms with Crippen molar-refractivity contribution < 1.29 is 0 Å². The summed E-state index contributed by atoms with van der Waals surface area (Å²) in [5.41, 5.74) is 0. The molecule has 1 aliphatic rings. The van der Waals surface area contributed by atoms with Crippen LogP contribution in [0.25, 0.3) is 0 Å². The van der Waals surface area contributed by atoms with Gasteiger partial charge in [0.25, 0.3) is 0 Å². The van der Waals surface area contributed by atoms with Crippen LogP contribution >= 0.6 is 0 Å². The molecule has 1 nitrogen and oxygen atoms in total. The van der Waals surface area contributed by atoms with Gasteiger partial charge in [-0.2, -0.15) is 0 Å². The minimum Gasteiger partial charge on any atom is -0.326 e. The highest BCUT2D eigenvalue weighted by Gasteiger charge is 2.15.